The van der Waals surface area contributed by atoms with Crippen LogP contribution in [-0.4, -0.2) is 15.8 Å². The molecular formula is C20H15N3O3S2. The molecule has 0 atom stereocenters. The summed E-state index contributed by atoms with van der Waals surface area (Å²) in [5.41, 5.74) is 3.02. The quantitative estimate of drug-likeness (QED) is 0.341. The molecule has 0 fully saturated rings. The summed E-state index contributed by atoms with van der Waals surface area (Å²) >= 11 is 3.06. The summed E-state index contributed by atoms with van der Waals surface area (Å²) < 4.78 is 1.08. The molecule has 0 saturated heterocycles. The minimum Gasteiger partial charge on any atom is -0.313 e. The highest BCUT2D eigenvalue weighted by molar-refractivity contribution is 7.22. The molecule has 1 N–H and O–H groups in total. The van der Waals surface area contributed by atoms with Crippen LogP contribution >= 0.6 is 22.7 Å². The van der Waals surface area contributed by atoms with E-state index in [0.29, 0.717) is 5.00 Å². The Morgan fingerprint density at radius 3 is 2.64 bits per heavy atom. The van der Waals surface area contributed by atoms with Crippen LogP contribution in [0.4, 0.5) is 10.7 Å². The summed E-state index contributed by atoms with van der Waals surface area (Å²) in [7, 11) is 0. The van der Waals surface area contributed by atoms with Crippen LogP contribution in [0.3, 0.4) is 0 Å². The first-order valence-electron chi connectivity index (χ1n) is 8.46. The molecule has 0 spiro atoms. The van der Waals surface area contributed by atoms with E-state index in [-0.39, 0.29) is 17.2 Å². The van der Waals surface area contributed by atoms with Crippen molar-refractivity contribution in [1.82, 2.24) is 4.98 Å². The number of nitrogens with one attached hydrogen (secondary N) is 1. The van der Waals surface area contributed by atoms with Gasteiger partial charge in [-0.15, -0.1) is 22.7 Å². The number of para-hydroxylation sites is 1. The smallest absolute Gasteiger partial charge is 0.270 e. The molecule has 28 heavy (non-hydrogen) atoms. The maximum atomic E-state index is 12.7. The summed E-state index contributed by atoms with van der Waals surface area (Å²) in [5.74, 6) is -0.382. The molecule has 0 aliphatic carbocycles. The van der Waals surface area contributed by atoms with Gasteiger partial charge in [0.2, 0.25) is 0 Å². The Bertz CT molecular complexity index is 1190. The van der Waals surface area contributed by atoms with Crippen LogP contribution in [-0.2, 0) is 0 Å². The molecule has 4 rings (SSSR count). The van der Waals surface area contributed by atoms with Gasteiger partial charge in [0.05, 0.1) is 15.1 Å². The lowest BCUT2D eigenvalue weighted by atomic mass is 10.1. The third kappa shape index (κ3) is 3.28. The first kappa shape index (κ1) is 18.3. The van der Waals surface area contributed by atoms with E-state index < -0.39 is 4.92 Å². The predicted molar refractivity (Wildman–Crippen MR) is 113 cm³/mol. The van der Waals surface area contributed by atoms with E-state index in [4.69, 9.17) is 4.98 Å². The number of nitro groups is 1. The number of anilines is 1. The Morgan fingerprint density at radius 1 is 1.11 bits per heavy atom. The zero-order chi connectivity index (χ0) is 19.8. The molecule has 0 radical (unpaired) electrons. The van der Waals surface area contributed by atoms with Crippen molar-refractivity contribution < 1.29 is 9.72 Å². The number of non-ortho nitro benzene ring substituents is 1. The largest absolute Gasteiger partial charge is 0.313 e. The van der Waals surface area contributed by atoms with Gasteiger partial charge in [0, 0.05) is 28.1 Å². The zero-order valence-electron chi connectivity index (χ0n) is 15.1. The lowest BCUT2D eigenvalue weighted by Crippen LogP contribution is -2.11. The van der Waals surface area contributed by atoms with Crippen LogP contribution in [0, 0.1) is 24.0 Å². The lowest BCUT2D eigenvalue weighted by molar-refractivity contribution is -0.384. The van der Waals surface area contributed by atoms with Crippen molar-refractivity contribution in [2.24, 2.45) is 0 Å². The number of hydrogen-bond donors (Lipinski definition) is 1. The van der Waals surface area contributed by atoms with Crippen LogP contribution in [0.15, 0.2) is 48.5 Å². The van der Waals surface area contributed by atoms with Gasteiger partial charge in [-0.1, -0.05) is 18.2 Å². The third-order valence-corrected chi connectivity index (χ3v) is 6.62. The summed E-state index contributed by atoms with van der Waals surface area (Å²) in [6, 6.07) is 13.6. The van der Waals surface area contributed by atoms with Crippen LogP contribution in [0.5, 0.6) is 0 Å². The average molecular weight is 409 g/mol. The Hall–Kier alpha value is -3.10. The van der Waals surface area contributed by atoms with Gasteiger partial charge in [0.15, 0.2) is 0 Å². The van der Waals surface area contributed by atoms with Crippen molar-refractivity contribution >= 4 is 49.5 Å². The van der Waals surface area contributed by atoms with Gasteiger partial charge < -0.3 is 5.32 Å². The number of amides is 1. The molecule has 0 saturated carbocycles. The number of aryl methyl sites for hydroxylation is 1. The van der Waals surface area contributed by atoms with Crippen molar-refractivity contribution in [1.29, 1.82) is 0 Å². The van der Waals surface area contributed by atoms with Crippen LogP contribution < -0.4 is 5.32 Å². The molecule has 0 aliphatic rings. The molecule has 8 heteroatoms. The molecule has 2 aromatic carbocycles. The van der Waals surface area contributed by atoms with Gasteiger partial charge in [-0.2, -0.15) is 0 Å². The number of aromatic nitrogens is 1. The fourth-order valence-corrected chi connectivity index (χ4v) is 5.08. The topological polar surface area (TPSA) is 85.1 Å². The average Bonchev–Trinajstić information content (AvgIpc) is 3.22. The number of fused-ring (bicyclic) bond motifs is 1. The molecule has 4 aromatic rings. The minimum atomic E-state index is -0.511. The Labute approximate surface area is 168 Å². The lowest BCUT2D eigenvalue weighted by Gasteiger charge is -2.06. The summed E-state index contributed by atoms with van der Waals surface area (Å²) in [5, 5.41) is 15.4. The van der Waals surface area contributed by atoms with E-state index in [9.17, 15) is 14.9 Å². The van der Waals surface area contributed by atoms with E-state index in [2.05, 4.69) is 5.32 Å². The molecule has 1 amide bonds. The minimum absolute atomic E-state index is 0.113. The van der Waals surface area contributed by atoms with Gasteiger partial charge in [-0.05, 0) is 37.6 Å². The van der Waals surface area contributed by atoms with Crippen molar-refractivity contribution in [3.8, 4) is 10.6 Å². The second-order valence-electron chi connectivity index (χ2n) is 6.24. The monoisotopic (exact) mass is 409 g/mol. The zero-order valence-corrected chi connectivity index (χ0v) is 16.7. The van der Waals surface area contributed by atoms with E-state index in [1.54, 1.807) is 17.4 Å². The van der Waals surface area contributed by atoms with E-state index in [0.717, 1.165) is 31.2 Å². The second-order valence-corrected chi connectivity index (χ2v) is 8.49. The van der Waals surface area contributed by atoms with Gasteiger partial charge in [-0.3, -0.25) is 14.9 Å². The van der Waals surface area contributed by atoms with Gasteiger partial charge in [0.1, 0.15) is 10.0 Å². The molecule has 0 unspecified atom stereocenters. The number of benzene rings is 2. The summed E-state index contributed by atoms with van der Waals surface area (Å²) in [4.78, 5) is 29.0. The second kappa shape index (κ2) is 7.14. The van der Waals surface area contributed by atoms with Gasteiger partial charge in [0.25, 0.3) is 11.6 Å². The molecule has 2 heterocycles. The van der Waals surface area contributed by atoms with Gasteiger partial charge >= 0.3 is 0 Å². The molecule has 0 aliphatic heterocycles. The van der Waals surface area contributed by atoms with Crippen LogP contribution in [0.1, 0.15) is 20.8 Å². The van der Waals surface area contributed by atoms with Crippen molar-refractivity contribution in [2.75, 3.05) is 5.32 Å². The fourth-order valence-electron chi connectivity index (χ4n) is 2.89. The SMILES string of the molecule is Cc1sc(NC(=O)c2cccc([N+](=O)[O-])c2)c(-c2nc3ccccc3s2)c1C. The standard InChI is InChI=1S/C20H15N3O3S2/c1-11-12(2)27-20(17(11)19-21-15-8-3-4-9-16(15)28-19)22-18(24)13-6-5-7-14(10-13)23(25)26/h3-10H,1-2H3,(H,22,24). The first-order valence-corrected chi connectivity index (χ1v) is 10.1. The highest BCUT2D eigenvalue weighted by Gasteiger charge is 2.21. The summed E-state index contributed by atoms with van der Waals surface area (Å²) in [6.07, 6.45) is 0. The van der Waals surface area contributed by atoms with Crippen LogP contribution in [0.25, 0.3) is 20.8 Å². The third-order valence-electron chi connectivity index (χ3n) is 4.44. The fraction of sp³-hybridized carbons (Fsp3) is 0.100. The molecule has 0 bridgehead atoms. The molecule has 6 nitrogen and oxygen atoms in total. The Balaban J connectivity index is 1.73. The van der Waals surface area contributed by atoms with E-state index in [1.165, 1.54) is 29.5 Å². The van der Waals surface area contributed by atoms with E-state index in [1.807, 2.05) is 38.1 Å². The number of carbonyl (C=O) groups is 1. The number of nitro benzene ring substituents is 1. The Kier molecular flexibility index (Phi) is 4.66. The highest BCUT2D eigenvalue weighted by Crippen LogP contribution is 2.43. The highest BCUT2D eigenvalue weighted by atomic mass is 32.1. The maximum Gasteiger partial charge on any atom is 0.270 e. The van der Waals surface area contributed by atoms with E-state index >= 15 is 0 Å². The normalized spacial score (nSPS) is 10.9. The van der Waals surface area contributed by atoms with Crippen molar-refractivity contribution in [3.05, 3.63) is 74.6 Å². The number of hydrogen-bond acceptors (Lipinski definition) is 6. The molecule has 2 aromatic heterocycles. The number of rotatable bonds is 4. The maximum absolute atomic E-state index is 12.7. The van der Waals surface area contributed by atoms with Crippen molar-refractivity contribution in [3.63, 3.8) is 0 Å². The molecule has 140 valence electrons. The molecular weight excluding hydrogens is 394 g/mol. The number of carbonyl (C=O) groups excluding carboxylic acids is 1. The predicted octanol–water partition coefficient (Wildman–Crippen LogP) is 5.80. The first-order chi connectivity index (χ1) is 13.4. The summed E-state index contributed by atoms with van der Waals surface area (Å²) in [6.45, 7) is 4.01. The Morgan fingerprint density at radius 2 is 1.89 bits per heavy atom. The number of thiophene rings is 1. The van der Waals surface area contributed by atoms with Gasteiger partial charge in [-0.25, -0.2) is 4.98 Å². The van der Waals surface area contributed by atoms with Crippen LogP contribution in [0.2, 0.25) is 0 Å². The number of thiazole rings is 1. The number of nitrogens with zero attached hydrogens (tertiary/aromatic N) is 2. The van der Waals surface area contributed by atoms with Crippen molar-refractivity contribution in [2.45, 2.75) is 13.8 Å².